The van der Waals surface area contributed by atoms with Crippen LogP contribution in [0.4, 0.5) is 5.82 Å². The summed E-state index contributed by atoms with van der Waals surface area (Å²) in [5.74, 6) is -0.0228. The van der Waals surface area contributed by atoms with Crippen molar-refractivity contribution in [2.24, 2.45) is 0 Å². The summed E-state index contributed by atoms with van der Waals surface area (Å²) >= 11 is 3.26. The molecule has 0 aliphatic rings. The van der Waals surface area contributed by atoms with E-state index in [2.05, 4.69) is 36.2 Å². The molecule has 0 unspecified atom stereocenters. The molecule has 0 atom stereocenters. The van der Waals surface area contributed by atoms with Gasteiger partial charge in [-0.25, -0.2) is 9.78 Å². The fourth-order valence-electron chi connectivity index (χ4n) is 1.11. The average Bonchev–Trinajstić information content (AvgIpc) is 2.65. The van der Waals surface area contributed by atoms with Crippen molar-refractivity contribution in [1.29, 1.82) is 0 Å². The highest BCUT2D eigenvalue weighted by Crippen LogP contribution is 2.12. The van der Waals surface area contributed by atoms with Crippen molar-refractivity contribution in [3.05, 3.63) is 45.2 Å². The van der Waals surface area contributed by atoms with Gasteiger partial charge >= 0.3 is 5.69 Å². The van der Waals surface area contributed by atoms with Gasteiger partial charge < -0.3 is 15.3 Å². The number of carbonyl (C=O) groups excluding carboxylic acids is 1. The standard InChI is InChI=1S/C9H7BrN4O2/c10-5-1-2-11-7(3-5)14-8(15)6-4-12-9(16)13-6/h1-4H,(H,11,14,15)(H2,12,13,16). The van der Waals surface area contributed by atoms with Crippen molar-refractivity contribution in [2.45, 2.75) is 0 Å². The maximum Gasteiger partial charge on any atom is 0.323 e. The molecule has 2 heterocycles. The highest BCUT2D eigenvalue weighted by atomic mass is 79.9. The zero-order valence-electron chi connectivity index (χ0n) is 7.95. The smallest absolute Gasteiger partial charge is 0.312 e. The van der Waals surface area contributed by atoms with Crippen LogP contribution in [0.15, 0.2) is 33.8 Å². The third-order valence-electron chi connectivity index (χ3n) is 1.80. The first-order chi connectivity index (χ1) is 7.65. The van der Waals surface area contributed by atoms with Gasteiger partial charge in [0, 0.05) is 16.9 Å². The minimum atomic E-state index is -0.427. The van der Waals surface area contributed by atoms with Crippen LogP contribution in [0.2, 0.25) is 0 Å². The summed E-state index contributed by atoms with van der Waals surface area (Å²) < 4.78 is 0.806. The number of rotatable bonds is 2. The number of hydrogen-bond donors (Lipinski definition) is 3. The number of carbonyl (C=O) groups is 1. The number of pyridine rings is 1. The number of amides is 1. The minimum Gasteiger partial charge on any atom is -0.312 e. The Morgan fingerprint density at radius 2 is 2.31 bits per heavy atom. The zero-order valence-corrected chi connectivity index (χ0v) is 9.54. The molecule has 0 bridgehead atoms. The van der Waals surface area contributed by atoms with Gasteiger partial charge in [0.1, 0.15) is 11.5 Å². The highest BCUT2D eigenvalue weighted by Gasteiger charge is 2.08. The Morgan fingerprint density at radius 3 is 2.94 bits per heavy atom. The molecule has 82 valence electrons. The number of aromatic amines is 2. The summed E-state index contributed by atoms with van der Waals surface area (Å²) in [6, 6.07) is 3.40. The second-order valence-electron chi connectivity index (χ2n) is 2.97. The highest BCUT2D eigenvalue weighted by molar-refractivity contribution is 9.10. The maximum absolute atomic E-state index is 11.6. The summed E-state index contributed by atoms with van der Waals surface area (Å²) in [4.78, 5) is 31.0. The number of anilines is 1. The number of hydrogen-bond acceptors (Lipinski definition) is 3. The fraction of sp³-hybridized carbons (Fsp3) is 0. The van der Waals surface area contributed by atoms with Crippen LogP contribution in [0, 0.1) is 0 Å². The van der Waals surface area contributed by atoms with E-state index in [-0.39, 0.29) is 5.69 Å². The molecule has 3 N–H and O–H groups in total. The first kappa shape index (κ1) is 10.6. The second kappa shape index (κ2) is 4.31. The fourth-order valence-corrected chi connectivity index (χ4v) is 1.45. The van der Waals surface area contributed by atoms with Crippen LogP contribution < -0.4 is 11.0 Å². The van der Waals surface area contributed by atoms with E-state index in [0.29, 0.717) is 5.82 Å². The molecule has 0 aliphatic carbocycles. The quantitative estimate of drug-likeness (QED) is 0.771. The monoisotopic (exact) mass is 282 g/mol. The van der Waals surface area contributed by atoms with E-state index in [1.165, 1.54) is 6.20 Å². The van der Waals surface area contributed by atoms with Gasteiger partial charge in [0.15, 0.2) is 0 Å². The van der Waals surface area contributed by atoms with Crippen molar-refractivity contribution in [3.8, 4) is 0 Å². The third-order valence-corrected chi connectivity index (χ3v) is 2.30. The minimum absolute atomic E-state index is 0.159. The summed E-state index contributed by atoms with van der Waals surface area (Å²) in [5, 5.41) is 2.54. The number of nitrogens with zero attached hydrogens (tertiary/aromatic N) is 1. The van der Waals surface area contributed by atoms with Gasteiger partial charge in [0.25, 0.3) is 5.91 Å². The third kappa shape index (κ3) is 2.37. The Hall–Kier alpha value is -1.89. The molecule has 7 heteroatoms. The SMILES string of the molecule is O=C(Nc1cc(Br)ccn1)c1c[nH]c(=O)[nH]1. The molecule has 16 heavy (non-hydrogen) atoms. The van der Waals surface area contributed by atoms with Gasteiger partial charge in [-0.3, -0.25) is 4.79 Å². The second-order valence-corrected chi connectivity index (χ2v) is 3.89. The van der Waals surface area contributed by atoms with Crippen molar-refractivity contribution >= 4 is 27.7 Å². The molecule has 0 aromatic carbocycles. The lowest BCUT2D eigenvalue weighted by Gasteiger charge is -2.01. The van der Waals surface area contributed by atoms with Gasteiger partial charge in [-0.15, -0.1) is 0 Å². The van der Waals surface area contributed by atoms with Crippen LogP contribution in [0.3, 0.4) is 0 Å². The Bertz CT molecular complexity index is 575. The molecule has 0 aliphatic heterocycles. The summed E-state index contributed by atoms with van der Waals surface area (Å²) in [6.07, 6.45) is 2.86. The Balaban J connectivity index is 2.16. The van der Waals surface area contributed by atoms with E-state index >= 15 is 0 Å². The van der Waals surface area contributed by atoms with Crippen LogP contribution in [0.25, 0.3) is 0 Å². The van der Waals surface area contributed by atoms with Gasteiger partial charge in [-0.05, 0) is 12.1 Å². The lowest BCUT2D eigenvalue weighted by Crippen LogP contribution is -2.14. The predicted molar refractivity (Wildman–Crippen MR) is 61.3 cm³/mol. The van der Waals surface area contributed by atoms with Crippen LogP contribution in [0.1, 0.15) is 10.5 Å². The summed E-state index contributed by atoms with van der Waals surface area (Å²) in [6.45, 7) is 0. The molecular formula is C9H7BrN4O2. The van der Waals surface area contributed by atoms with E-state index < -0.39 is 11.6 Å². The van der Waals surface area contributed by atoms with E-state index in [1.807, 2.05) is 0 Å². The zero-order chi connectivity index (χ0) is 11.5. The molecule has 0 spiro atoms. The van der Waals surface area contributed by atoms with E-state index in [9.17, 15) is 9.59 Å². The van der Waals surface area contributed by atoms with Crippen LogP contribution in [0.5, 0.6) is 0 Å². The van der Waals surface area contributed by atoms with Crippen molar-refractivity contribution < 1.29 is 4.79 Å². The number of imidazole rings is 1. The van der Waals surface area contributed by atoms with Crippen molar-refractivity contribution in [2.75, 3.05) is 5.32 Å². The molecule has 0 fully saturated rings. The van der Waals surface area contributed by atoms with E-state index in [0.717, 1.165) is 4.47 Å². The average molecular weight is 283 g/mol. The maximum atomic E-state index is 11.6. The molecule has 1 amide bonds. The van der Waals surface area contributed by atoms with Crippen LogP contribution in [-0.4, -0.2) is 20.9 Å². The Kier molecular flexibility index (Phi) is 2.86. The van der Waals surface area contributed by atoms with E-state index in [1.54, 1.807) is 18.3 Å². The normalized spacial score (nSPS) is 10.1. The molecule has 0 saturated carbocycles. The van der Waals surface area contributed by atoms with Crippen molar-refractivity contribution in [1.82, 2.24) is 15.0 Å². The molecular weight excluding hydrogens is 276 g/mol. The number of aromatic nitrogens is 3. The first-order valence-electron chi connectivity index (χ1n) is 4.36. The van der Waals surface area contributed by atoms with Crippen molar-refractivity contribution in [3.63, 3.8) is 0 Å². The van der Waals surface area contributed by atoms with Crippen LogP contribution in [-0.2, 0) is 0 Å². The molecule has 2 aromatic rings. The topological polar surface area (TPSA) is 90.6 Å². The lowest BCUT2D eigenvalue weighted by molar-refractivity contribution is 0.102. The van der Waals surface area contributed by atoms with Gasteiger partial charge in [-0.2, -0.15) is 0 Å². The first-order valence-corrected chi connectivity index (χ1v) is 5.15. The number of halogens is 1. The summed E-state index contributed by atoms with van der Waals surface area (Å²) in [5.41, 5.74) is -0.265. The molecule has 2 aromatic heterocycles. The predicted octanol–water partition coefficient (Wildman–Crippen LogP) is 1.11. The molecule has 0 saturated heterocycles. The lowest BCUT2D eigenvalue weighted by atomic mass is 10.4. The Morgan fingerprint density at radius 1 is 1.50 bits per heavy atom. The molecule has 2 rings (SSSR count). The summed E-state index contributed by atoms with van der Waals surface area (Å²) in [7, 11) is 0. The van der Waals surface area contributed by atoms with Gasteiger partial charge in [0.05, 0.1) is 0 Å². The Labute approximate surface area is 98.2 Å². The number of H-pyrrole nitrogens is 2. The number of nitrogens with one attached hydrogen (secondary N) is 3. The largest absolute Gasteiger partial charge is 0.323 e. The van der Waals surface area contributed by atoms with Crippen LogP contribution >= 0.6 is 15.9 Å². The van der Waals surface area contributed by atoms with E-state index in [4.69, 9.17) is 0 Å². The van der Waals surface area contributed by atoms with Gasteiger partial charge in [-0.1, -0.05) is 15.9 Å². The molecule has 6 nitrogen and oxygen atoms in total. The van der Waals surface area contributed by atoms with Gasteiger partial charge in [0.2, 0.25) is 0 Å². The molecule has 0 radical (unpaired) electrons.